The molecule has 0 saturated heterocycles. The van der Waals surface area contributed by atoms with E-state index in [4.69, 9.17) is 18.7 Å². The number of methoxy groups -OCH3 is 1. The van der Waals surface area contributed by atoms with Crippen molar-refractivity contribution in [3.05, 3.63) is 76.8 Å². The van der Waals surface area contributed by atoms with Gasteiger partial charge in [-0.3, -0.25) is 4.79 Å². The summed E-state index contributed by atoms with van der Waals surface area (Å²) in [6, 6.07) is 12.1. The molecule has 0 unspecified atom stereocenters. The average Bonchev–Trinajstić information content (AvgIpc) is 3.38. The number of nitrogens with one attached hydrogen (secondary N) is 1. The molecular formula is C24H22N2O6. The number of hydrogen-bond acceptors (Lipinski definition) is 7. The highest BCUT2D eigenvalue weighted by Crippen LogP contribution is 2.30. The second-order valence-corrected chi connectivity index (χ2v) is 7.20. The molecular weight excluding hydrogens is 412 g/mol. The van der Waals surface area contributed by atoms with Crippen LogP contribution in [-0.4, -0.2) is 35.6 Å². The van der Waals surface area contributed by atoms with E-state index in [9.17, 15) is 9.59 Å². The van der Waals surface area contributed by atoms with Crippen LogP contribution in [-0.2, 0) is 11.3 Å². The van der Waals surface area contributed by atoms with Gasteiger partial charge in [0.1, 0.15) is 12.4 Å². The van der Waals surface area contributed by atoms with Crippen LogP contribution in [0.5, 0.6) is 11.5 Å². The number of fused-ring (bicyclic) bond motifs is 1. The second kappa shape index (κ2) is 8.97. The van der Waals surface area contributed by atoms with Crippen LogP contribution < -0.4 is 9.47 Å². The topological polar surface area (TPSA) is 104 Å². The lowest BCUT2D eigenvalue weighted by atomic mass is 10.1. The molecule has 0 amide bonds. The smallest absolute Gasteiger partial charge is 0.338 e. The second-order valence-electron chi connectivity index (χ2n) is 7.20. The molecule has 0 aliphatic heterocycles. The van der Waals surface area contributed by atoms with E-state index in [0.717, 1.165) is 22.2 Å². The van der Waals surface area contributed by atoms with Gasteiger partial charge < -0.3 is 23.7 Å². The molecule has 2 aromatic heterocycles. The fourth-order valence-corrected chi connectivity index (χ4v) is 3.37. The zero-order valence-corrected chi connectivity index (χ0v) is 17.9. The number of H-pyrrole nitrogens is 1. The van der Waals surface area contributed by atoms with Crippen LogP contribution in [0.15, 0.2) is 53.2 Å². The largest absolute Gasteiger partial charge is 0.493 e. The summed E-state index contributed by atoms with van der Waals surface area (Å²) in [6.45, 7) is 3.53. The van der Waals surface area contributed by atoms with Crippen molar-refractivity contribution in [3.8, 4) is 11.5 Å². The number of ketones is 1. The first kappa shape index (κ1) is 21.2. The van der Waals surface area contributed by atoms with E-state index >= 15 is 0 Å². The van der Waals surface area contributed by atoms with Gasteiger partial charge in [0.25, 0.3) is 0 Å². The highest BCUT2D eigenvalue weighted by atomic mass is 16.5. The predicted molar refractivity (Wildman–Crippen MR) is 116 cm³/mol. The highest BCUT2D eigenvalue weighted by molar-refractivity contribution is 6.09. The number of benzene rings is 2. The third kappa shape index (κ3) is 4.20. The highest BCUT2D eigenvalue weighted by Gasteiger charge is 2.17. The van der Waals surface area contributed by atoms with Crippen molar-refractivity contribution in [2.45, 2.75) is 20.5 Å². The number of aromatic amines is 1. The molecule has 4 aromatic rings. The van der Waals surface area contributed by atoms with Gasteiger partial charge in [-0.2, -0.15) is 0 Å². The Hall–Kier alpha value is -4.07. The Balaban J connectivity index is 1.41. The molecule has 0 atom stereocenters. The molecule has 8 heteroatoms. The summed E-state index contributed by atoms with van der Waals surface area (Å²) < 4.78 is 21.5. The number of esters is 1. The normalized spacial score (nSPS) is 10.8. The minimum atomic E-state index is -0.631. The van der Waals surface area contributed by atoms with Crippen LogP contribution >= 0.6 is 0 Å². The number of nitrogens with zero attached hydrogens (tertiary/aromatic N) is 1. The van der Waals surface area contributed by atoms with Gasteiger partial charge in [0.15, 0.2) is 18.1 Å². The first-order valence-electron chi connectivity index (χ1n) is 9.97. The molecule has 8 nitrogen and oxygen atoms in total. The molecule has 1 N–H and O–H groups in total. The summed E-state index contributed by atoms with van der Waals surface area (Å²) in [4.78, 5) is 28.1. The van der Waals surface area contributed by atoms with Crippen LogP contribution in [0.3, 0.4) is 0 Å². The van der Waals surface area contributed by atoms with Crippen LogP contribution in [0.2, 0.25) is 0 Å². The van der Waals surface area contributed by atoms with Gasteiger partial charge in [-0.1, -0.05) is 23.4 Å². The molecule has 0 fully saturated rings. The Morgan fingerprint density at radius 3 is 2.66 bits per heavy atom. The number of para-hydroxylation sites is 1. The minimum absolute atomic E-state index is 0.248. The number of hydrogen-bond donors (Lipinski definition) is 1. The van der Waals surface area contributed by atoms with Crippen molar-refractivity contribution in [2.75, 3.05) is 13.7 Å². The Morgan fingerprint density at radius 1 is 1.09 bits per heavy atom. The fourth-order valence-electron chi connectivity index (χ4n) is 3.37. The van der Waals surface area contributed by atoms with Gasteiger partial charge in [0, 0.05) is 22.7 Å². The van der Waals surface area contributed by atoms with Crippen LogP contribution in [0.4, 0.5) is 0 Å². The molecule has 32 heavy (non-hydrogen) atoms. The third-order valence-corrected chi connectivity index (χ3v) is 5.18. The minimum Gasteiger partial charge on any atom is -0.493 e. The lowest BCUT2D eigenvalue weighted by Crippen LogP contribution is -2.14. The van der Waals surface area contributed by atoms with E-state index in [-0.39, 0.29) is 24.6 Å². The number of ether oxygens (including phenoxy) is 3. The summed E-state index contributed by atoms with van der Waals surface area (Å²) in [6.07, 6.45) is 1.62. The van der Waals surface area contributed by atoms with E-state index in [1.165, 1.54) is 13.2 Å². The van der Waals surface area contributed by atoms with Gasteiger partial charge in [-0.15, -0.1) is 0 Å². The first-order chi connectivity index (χ1) is 15.5. The van der Waals surface area contributed by atoms with Crippen molar-refractivity contribution in [2.24, 2.45) is 0 Å². The number of carbonyl (C=O) groups is 2. The maximum Gasteiger partial charge on any atom is 0.338 e. The summed E-state index contributed by atoms with van der Waals surface area (Å²) >= 11 is 0. The molecule has 164 valence electrons. The molecule has 2 heterocycles. The van der Waals surface area contributed by atoms with Crippen molar-refractivity contribution < 1.29 is 28.3 Å². The van der Waals surface area contributed by atoms with Gasteiger partial charge in [0.05, 0.1) is 23.9 Å². The number of Topliss-reactive ketones (excluding diaryl/α,β-unsaturated/α-hetero) is 1. The number of rotatable bonds is 8. The lowest BCUT2D eigenvalue weighted by Gasteiger charge is -2.12. The maximum absolute atomic E-state index is 12.5. The number of carbonyl (C=O) groups excluding carboxylic acids is 2. The lowest BCUT2D eigenvalue weighted by molar-refractivity contribution is 0.0475. The summed E-state index contributed by atoms with van der Waals surface area (Å²) in [5, 5.41) is 4.69. The Morgan fingerprint density at radius 2 is 1.91 bits per heavy atom. The quantitative estimate of drug-likeness (QED) is 0.324. The molecule has 0 spiro atoms. The molecule has 4 rings (SSSR count). The monoisotopic (exact) mass is 434 g/mol. The SMILES string of the molecule is COc1cc(C(=O)OCC(=O)c2c[nH]c3ccccc23)ccc1OCc1c(C)noc1C. The Labute approximate surface area is 184 Å². The van der Waals surface area contributed by atoms with Crippen molar-refractivity contribution >= 4 is 22.7 Å². The summed E-state index contributed by atoms with van der Waals surface area (Å²) in [5.74, 6) is 0.588. The van der Waals surface area contributed by atoms with Crippen molar-refractivity contribution in [1.82, 2.24) is 10.1 Å². The average molecular weight is 434 g/mol. The molecule has 2 aromatic carbocycles. The van der Waals surface area contributed by atoms with E-state index in [1.54, 1.807) is 18.3 Å². The molecule has 0 bridgehead atoms. The molecule has 0 saturated carbocycles. The number of aromatic nitrogens is 2. The third-order valence-electron chi connectivity index (χ3n) is 5.18. The van der Waals surface area contributed by atoms with Crippen molar-refractivity contribution in [1.29, 1.82) is 0 Å². The van der Waals surface area contributed by atoms with E-state index in [2.05, 4.69) is 10.1 Å². The first-order valence-corrected chi connectivity index (χ1v) is 9.97. The number of aryl methyl sites for hydroxylation is 2. The van der Waals surface area contributed by atoms with Crippen LogP contribution in [0, 0.1) is 13.8 Å². The van der Waals surface area contributed by atoms with Crippen molar-refractivity contribution in [3.63, 3.8) is 0 Å². The van der Waals surface area contributed by atoms with Gasteiger partial charge >= 0.3 is 5.97 Å². The zero-order valence-electron chi connectivity index (χ0n) is 17.9. The van der Waals surface area contributed by atoms with Gasteiger partial charge in [-0.25, -0.2) is 4.79 Å². The Bertz CT molecular complexity index is 1270. The zero-order chi connectivity index (χ0) is 22.7. The fraction of sp³-hybridized carbons (Fsp3) is 0.208. The van der Waals surface area contributed by atoms with Crippen LogP contribution in [0.25, 0.3) is 10.9 Å². The standard InChI is InChI=1S/C24H22N2O6/c1-14-19(15(2)32-26-14)12-30-22-9-8-16(10-23(22)29-3)24(28)31-13-21(27)18-11-25-20-7-5-4-6-17(18)20/h4-11,25H,12-13H2,1-3H3. The maximum atomic E-state index is 12.5. The molecule has 0 radical (unpaired) electrons. The predicted octanol–water partition coefficient (Wildman–Crippen LogP) is 4.40. The molecule has 0 aliphatic carbocycles. The molecule has 0 aliphatic rings. The van der Waals surface area contributed by atoms with Gasteiger partial charge in [0.2, 0.25) is 5.78 Å². The summed E-state index contributed by atoms with van der Waals surface area (Å²) in [7, 11) is 1.48. The van der Waals surface area contributed by atoms with E-state index in [1.807, 2.05) is 38.1 Å². The van der Waals surface area contributed by atoms with E-state index < -0.39 is 5.97 Å². The van der Waals surface area contributed by atoms with Gasteiger partial charge in [-0.05, 0) is 38.1 Å². The van der Waals surface area contributed by atoms with E-state index in [0.29, 0.717) is 22.8 Å². The van der Waals surface area contributed by atoms with Crippen LogP contribution in [0.1, 0.15) is 37.7 Å². The summed E-state index contributed by atoms with van der Waals surface area (Å²) in [5.41, 5.74) is 3.18. The Kier molecular flexibility index (Phi) is 5.93.